The molecular weight excluding hydrogens is 303 g/mol. The van der Waals surface area contributed by atoms with Crippen LogP contribution in [-0.4, -0.2) is 6.29 Å². The molecule has 0 aliphatic carbocycles. The standard InChI is InChI=1S/C13H8BrClO2/c14-11-3-1-2-4-12(11)17-13-7-10(15)6-5-9(13)8-16/h1-8H. The predicted molar refractivity (Wildman–Crippen MR) is 71.1 cm³/mol. The van der Waals surface area contributed by atoms with Crippen molar-refractivity contribution in [2.75, 3.05) is 0 Å². The minimum atomic E-state index is 0.444. The molecule has 2 aromatic rings. The van der Waals surface area contributed by atoms with E-state index in [1.807, 2.05) is 18.2 Å². The average molecular weight is 312 g/mol. The Kier molecular flexibility index (Phi) is 3.82. The Hall–Kier alpha value is -1.32. The molecule has 0 aliphatic rings. The fraction of sp³-hybridized carbons (Fsp3) is 0. The predicted octanol–water partition coefficient (Wildman–Crippen LogP) is 4.71. The zero-order valence-electron chi connectivity index (χ0n) is 8.69. The molecule has 0 saturated carbocycles. The fourth-order valence-electron chi connectivity index (χ4n) is 1.34. The molecule has 2 nitrogen and oxygen atoms in total. The Morgan fingerprint density at radius 2 is 1.88 bits per heavy atom. The van der Waals surface area contributed by atoms with Gasteiger partial charge in [0.1, 0.15) is 11.5 Å². The molecule has 0 saturated heterocycles. The van der Waals surface area contributed by atoms with E-state index in [4.69, 9.17) is 16.3 Å². The van der Waals surface area contributed by atoms with Crippen molar-refractivity contribution in [3.8, 4) is 11.5 Å². The Balaban J connectivity index is 2.39. The van der Waals surface area contributed by atoms with E-state index in [1.54, 1.807) is 24.3 Å². The molecule has 0 atom stereocenters. The minimum Gasteiger partial charge on any atom is -0.455 e. The summed E-state index contributed by atoms with van der Waals surface area (Å²) in [6.07, 6.45) is 0.739. The van der Waals surface area contributed by atoms with Gasteiger partial charge in [0.05, 0.1) is 10.0 Å². The molecule has 4 heteroatoms. The summed E-state index contributed by atoms with van der Waals surface area (Å²) >= 11 is 9.24. The lowest BCUT2D eigenvalue weighted by Gasteiger charge is -2.09. The van der Waals surface area contributed by atoms with Crippen LogP contribution in [0.5, 0.6) is 11.5 Å². The van der Waals surface area contributed by atoms with E-state index in [0.29, 0.717) is 22.1 Å². The van der Waals surface area contributed by atoms with E-state index in [1.165, 1.54) is 0 Å². The highest BCUT2D eigenvalue weighted by atomic mass is 79.9. The van der Waals surface area contributed by atoms with Crippen molar-refractivity contribution in [3.05, 3.63) is 57.5 Å². The molecule has 0 aliphatic heterocycles. The van der Waals surface area contributed by atoms with Crippen molar-refractivity contribution in [3.63, 3.8) is 0 Å². The van der Waals surface area contributed by atoms with E-state index in [9.17, 15) is 4.79 Å². The van der Waals surface area contributed by atoms with Crippen LogP contribution in [0.3, 0.4) is 0 Å². The number of ether oxygens (including phenoxy) is 1. The first-order valence-electron chi connectivity index (χ1n) is 4.88. The van der Waals surface area contributed by atoms with Crippen LogP contribution in [0.2, 0.25) is 5.02 Å². The number of rotatable bonds is 3. The highest BCUT2D eigenvalue weighted by molar-refractivity contribution is 9.10. The highest BCUT2D eigenvalue weighted by Gasteiger charge is 2.07. The first-order chi connectivity index (χ1) is 8.20. The number of carbonyl (C=O) groups excluding carboxylic acids is 1. The molecule has 2 rings (SSSR count). The van der Waals surface area contributed by atoms with Crippen LogP contribution in [0.4, 0.5) is 0 Å². The van der Waals surface area contributed by atoms with Crippen LogP contribution in [0.15, 0.2) is 46.9 Å². The lowest BCUT2D eigenvalue weighted by atomic mass is 10.2. The quantitative estimate of drug-likeness (QED) is 0.768. The van der Waals surface area contributed by atoms with Gasteiger partial charge in [-0.15, -0.1) is 0 Å². The van der Waals surface area contributed by atoms with Crippen molar-refractivity contribution in [2.45, 2.75) is 0 Å². The number of halogens is 2. The number of aldehydes is 1. The maximum absolute atomic E-state index is 10.9. The van der Waals surface area contributed by atoms with Gasteiger partial charge in [-0.2, -0.15) is 0 Å². The summed E-state index contributed by atoms with van der Waals surface area (Å²) in [4.78, 5) is 10.9. The summed E-state index contributed by atoms with van der Waals surface area (Å²) in [7, 11) is 0. The SMILES string of the molecule is O=Cc1ccc(Cl)cc1Oc1ccccc1Br. The summed E-state index contributed by atoms with van der Waals surface area (Å²) in [6, 6.07) is 12.3. The zero-order chi connectivity index (χ0) is 12.3. The molecule has 0 radical (unpaired) electrons. The van der Waals surface area contributed by atoms with E-state index >= 15 is 0 Å². The maximum atomic E-state index is 10.9. The highest BCUT2D eigenvalue weighted by Crippen LogP contribution is 2.32. The number of hydrogen-bond donors (Lipinski definition) is 0. The van der Waals surface area contributed by atoms with Gasteiger partial charge in [-0.05, 0) is 40.2 Å². The lowest BCUT2D eigenvalue weighted by Crippen LogP contribution is -1.90. The van der Waals surface area contributed by atoms with Gasteiger partial charge >= 0.3 is 0 Å². The largest absolute Gasteiger partial charge is 0.455 e. The van der Waals surface area contributed by atoms with Crippen molar-refractivity contribution in [1.29, 1.82) is 0 Å². The van der Waals surface area contributed by atoms with Crippen molar-refractivity contribution in [1.82, 2.24) is 0 Å². The molecule has 0 N–H and O–H groups in total. The first kappa shape index (κ1) is 12.1. The third-order valence-electron chi connectivity index (χ3n) is 2.16. The molecule has 0 spiro atoms. The van der Waals surface area contributed by atoms with E-state index in [-0.39, 0.29) is 0 Å². The normalized spacial score (nSPS) is 10.0. The summed E-state index contributed by atoms with van der Waals surface area (Å²) in [5, 5.41) is 0.526. The molecule has 0 heterocycles. The van der Waals surface area contributed by atoms with Gasteiger partial charge in [0.25, 0.3) is 0 Å². The van der Waals surface area contributed by atoms with Crippen LogP contribution in [0.1, 0.15) is 10.4 Å². The van der Waals surface area contributed by atoms with Crippen LogP contribution < -0.4 is 4.74 Å². The topological polar surface area (TPSA) is 26.3 Å². The average Bonchev–Trinajstić information content (AvgIpc) is 2.32. The third kappa shape index (κ3) is 2.87. The number of para-hydroxylation sites is 1. The molecule has 0 amide bonds. The van der Waals surface area contributed by atoms with Gasteiger partial charge in [0.15, 0.2) is 6.29 Å². The molecule has 0 bridgehead atoms. The Bertz CT molecular complexity index is 555. The maximum Gasteiger partial charge on any atom is 0.153 e. The number of hydrogen-bond acceptors (Lipinski definition) is 2. The summed E-state index contributed by atoms with van der Waals surface area (Å²) < 4.78 is 6.47. The van der Waals surface area contributed by atoms with Crippen molar-refractivity contribution < 1.29 is 9.53 Å². The molecular formula is C13H8BrClO2. The van der Waals surface area contributed by atoms with Gasteiger partial charge in [0, 0.05) is 11.1 Å². The van der Waals surface area contributed by atoms with Gasteiger partial charge in [0.2, 0.25) is 0 Å². The van der Waals surface area contributed by atoms with E-state index in [0.717, 1.165) is 10.8 Å². The molecule has 0 fully saturated rings. The van der Waals surface area contributed by atoms with Crippen LogP contribution in [-0.2, 0) is 0 Å². The second-order valence-electron chi connectivity index (χ2n) is 3.33. The number of carbonyl (C=O) groups is 1. The van der Waals surface area contributed by atoms with E-state index < -0.39 is 0 Å². The van der Waals surface area contributed by atoms with Gasteiger partial charge in [-0.1, -0.05) is 23.7 Å². The van der Waals surface area contributed by atoms with Crippen LogP contribution in [0, 0.1) is 0 Å². The summed E-state index contributed by atoms with van der Waals surface area (Å²) in [5.41, 5.74) is 0.463. The second-order valence-corrected chi connectivity index (χ2v) is 4.62. The van der Waals surface area contributed by atoms with Gasteiger partial charge < -0.3 is 4.74 Å². The lowest BCUT2D eigenvalue weighted by molar-refractivity contribution is 0.112. The number of benzene rings is 2. The smallest absolute Gasteiger partial charge is 0.153 e. The Labute approximate surface area is 112 Å². The van der Waals surface area contributed by atoms with Crippen LogP contribution in [0.25, 0.3) is 0 Å². The fourth-order valence-corrected chi connectivity index (χ4v) is 1.87. The van der Waals surface area contributed by atoms with Crippen LogP contribution >= 0.6 is 27.5 Å². The van der Waals surface area contributed by atoms with Crippen molar-refractivity contribution >= 4 is 33.8 Å². The first-order valence-corrected chi connectivity index (χ1v) is 6.05. The molecule has 17 heavy (non-hydrogen) atoms. The summed E-state index contributed by atoms with van der Waals surface area (Å²) in [5.74, 6) is 1.08. The zero-order valence-corrected chi connectivity index (χ0v) is 11.0. The van der Waals surface area contributed by atoms with E-state index in [2.05, 4.69) is 15.9 Å². The minimum absolute atomic E-state index is 0.444. The molecule has 2 aromatic carbocycles. The second kappa shape index (κ2) is 5.34. The Morgan fingerprint density at radius 1 is 1.12 bits per heavy atom. The third-order valence-corrected chi connectivity index (χ3v) is 3.05. The van der Waals surface area contributed by atoms with Crippen molar-refractivity contribution in [2.24, 2.45) is 0 Å². The monoisotopic (exact) mass is 310 g/mol. The van der Waals surface area contributed by atoms with Gasteiger partial charge in [-0.3, -0.25) is 4.79 Å². The molecule has 0 unspecified atom stereocenters. The summed E-state index contributed by atoms with van der Waals surface area (Å²) in [6.45, 7) is 0. The molecule has 0 aromatic heterocycles. The van der Waals surface area contributed by atoms with Gasteiger partial charge in [-0.25, -0.2) is 0 Å². The molecule has 86 valence electrons. The Morgan fingerprint density at radius 3 is 2.59 bits per heavy atom.